The molecule has 90 valence electrons. The summed E-state index contributed by atoms with van der Waals surface area (Å²) in [5.41, 5.74) is 0.922. The molecule has 0 spiro atoms. The second-order valence-corrected chi connectivity index (χ2v) is 3.90. The summed E-state index contributed by atoms with van der Waals surface area (Å²) in [6.07, 6.45) is 3.43. The quantitative estimate of drug-likeness (QED) is 0.852. The number of nitrogens with one attached hydrogen (secondary N) is 1. The monoisotopic (exact) mass is 232 g/mol. The molecule has 0 saturated carbocycles. The Morgan fingerprint density at radius 3 is 2.82 bits per heavy atom. The van der Waals surface area contributed by atoms with Crippen molar-refractivity contribution < 1.29 is 4.52 Å². The first-order chi connectivity index (χ1) is 8.31. The first kappa shape index (κ1) is 11.7. The molecule has 0 aliphatic carbocycles. The molecule has 2 heterocycles. The van der Waals surface area contributed by atoms with Gasteiger partial charge in [0, 0.05) is 30.4 Å². The highest BCUT2D eigenvalue weighted by atomic mass is 16.5. The zero-order valence-corrected chi connectivity index (χ0v) is 10.1. The zero-order chi connectivity index (χ0) is 12.1. The van der Waals surface area contributed by atoms with Crippen LogP contribution in [-0.2, 0) is 0 Å². The molecule has 0 aromatic carbocycles. The maximum atomic E-state index is 5.26. The Hall–Kier alpha value is -1.75. The van der Waals surface area contributed by atoms with E-state index in [0.717, 1.165) is 18.7 Å². The predicted molar refractivity (Wildman–Crippen MR) is 64.5 cm³/mol. The van der Waals surface area contributed by atoms with Gasteiger partial charge in [0.2, 0.25) is 11.7 Å². The topological polar surface area (TPSA) is 63.8 Å². The van der Waals surface area contributed by atoms with Gasteiger partial charge in [0.15, 0.2) is 0 Å². The third-order valence-electron chi connectivity index (χ3n) is 2.50. The van der Waals surface area contributed by atoms with Crippen LogP contribution < -0.4 is 5.32 Å². The van der Waals surface area contributed by atoms with Crippen molar-refractivity contribution in [3.8, 4) is 11.4 Å². The lowest BCUT2D eigenvalue weighted by atomic mass is 10.2. The molecule has 1 unspecified atom stereocenters. The SMILES string of the molecule is CCNCC(C)c1nc(-c2ccncc2)no1. The Labute approximate surface area is 100 Å². The summed E-state index contributed by atoms with van der Waals surface area (Å²) in [7, 11) is 0. The molecule has 0 fully saturated rings. The predicted octanol–water partition coefficient (Wildman–Crippen LogP) is 1.84. The minimum absolute atomic E-state index is 0.220. The van der Waals surface area contributed by atoms with Crippen LogP contribution in [0, 0.1) is 0 Å². The van der Waals surface area contributed by atoms with Gasteiger partial charge >= 0.3 is 0 Å². The minimum atomic E-state index is 0.220. The number of likely N-dealkylation sites (N-methyl/N-ethyl adjacent to an activating group) is 1. The van der Waals surface area contributed by atoms with Crippen molar-refractivity contribution in [3.63, 3.8) is 0 Å². The van der Waals surface area contributed by atoms with E-state index in [9.17, 15) is 0 Å². The molecule has 0 bridgehead atoms. The molecule has 0 aliphatic rings. The van der Waals surface area contributed by atoms with Crippen molar-refractivity contribution in [1.82, 2.24) is 20.4 Å². The third kappa shape index (κ3) is 2.88. The molecule has 2 aromatic rings. The zero-order valence-electron chi connectivity index (χ0n) is 10.1. The van der Waals surface area contributed by atoms with Crippen LogP contribution in [0.15, 0.2) is 29.0 Å². The van der Waals surface area contributed by atoms with Gasteiger partial charge in [-0.15, -0.1) is 0 Å². The highest BCUT2D eigenvalue weighted by Gasteiger charge is 2.14. The fraction of sp³-hybridized carbons (Fsp3) is 0.417. The van der Waals surface area contributed by atoms with Crippen LogP contribution in [0.1, 0.15) is 25.7 Å². The van der Waals surface area contributed by atoms with Crippen LogP contribution >= 0.6 is 0 Å². The maximum absolute atomic E-state index is 5.26. The largest absolute Gasteiger partial charge is 0.339 e. The average Bonchev–Trinajstić information content (AvgIpc) is 2.86. The van der Waals surface area contributed by atoms with Gasteiger partial charge in [-0.1, -0.05) is 19.0 Å². The number of rotatable bonds is 5. The molecule has 0 aliphatic heterocycles. The lowest BCUT2D eigenvalue weighted by Crippen LogP contribution is -2.19. The van der Waals surface area contributed by atoms with E-state index in [2.05, 4.69) is 34.3 Å². The van der Waals surface area contributed by atoms with Gasteiger partial charge in [-0.3, -0.25) is 4.98 Å². The minimum Gasteiger partial charge on any atom is -0.339 e. The van der Waals surface area contributed by atoms with Crippen molar-refractivity contribution in [2.45, 2.75) is 19.8 Å². The van der Waals surface area contributed by atoms with Gasteiger partial charge in [-0.05, 0) is 18.7 Å². The second kappa shape index (κ2) is 5.54. The summed E-state index contributed by atoms with van der Waals surface area (Å²) in [4.78, 5) is 8.34. The number of hydrogen-bond acceptors (Lipinski definition) is 5. The smallest absolute Gasteiger partial charge is 0.231 e. The molecule has 5 nitrogen and oxygen atoms in total. The molecule has 0 amide bonds. The van der Waals surface area contributed by atoms with Gasteiger partial charge in [0.05, 0.1) is 0 Å². The molecule has 17 heavy (non-hydrogen) atoms. The molecule has 0 radical (unpaired) electrons. The van der Waals surface area contributed by atoms with Gasteiger partial charge in [-0.25, -0.2) is 0 Å². The van der Waals surface area contributed by atoms with Crippen LogP contribution in [0.3, 0.4) is 0 Å². The van der Waals surface area contributed by atoms with Gasteiger partial charge in [0.25, 0.3) is 0 Å². The first-order valence-electron chi connectivity index (χ1n) is 5.76. The van der Waals surface area contributed by atoms with E-state index < -0.39 is 0 Å². The van der Waals surface area contributed by atoms with Crippen molar-refractivity contribution in [3.05, 3.63) is 30.4 Å². The van der Waals surface area contributed by atoms with E-state index in [1.165, 1.54) is 0 Å². The molecular formula is C12H16N4O. The van der Waals surface area contributed by atoms with Crippen molar-refractivity contribution in [2.24, 2.45) is 0 Å². The summed E-state index contributed by atoms with van der Waals surface area (Å²) < 4.78 is 5.26. The van der Waals surface area contributed by atoms with E-state index in [1.54, 1.807) is 12.4 Å². The highest BCUT2D eigenvalue weighted by Crippen LogP contribution is 2.18. The van der Waals surface area contributed by atoms with E-state index >= 15 is 0 Å². The van der Waals surface area contributed by atoms with Crippen LogP contribution in [0.5, 0.6) is 0 Å². The fourth-order valence-corrected chi connectivity index (χ4v) is 1.50. The van der Waals surface area contributed by atoms with Gasteiger partial charge in [0.1, 0.15) is 0 Å². The third-order valence-corrected chi connectivity index (χ3v) is 2.50. The average molecular weight is 232 g/mol. The number of nitrogens with zero attached hydrogens (tertiary/aromatic N) is 3. The molecular weight excluding hydrogens is 216 g/mol. The highest BCUT2D eigenvalue weighted by molar-refractivity contribution is 5.52. The molecule has 5 heteroatoms. The summed E-state index contributed by atoms with van der Waals surface area (Å²) in [5.74, 6) is 1.50. The standard InChI is InChI=1S/C12H16N4O/c1-3-13-8-9(2)12-15-11(16-17-12)10-4-6-14-7-5-10/h4-7,9,13H,3,8H2,1-2H3. The Morgan fingerprint density at radius 1 is 1.35 bits per heavy atom. The van der Waals surface area contributed by atoms with E-state index in [-0.39, 0.29) is 5.92 Å². The Bertz CT molecular complexity index is 455. The lowest BCUT2D eigenvalue weighted by Gasteiger charge is -2.05. The summed E-state index contributed by atoms with van der Waals surface area (Å²) in [6.45, 7) is 5.92. The van der Waals surface area contributed by atoms with Gasteiger partial charge in [-0.2, -0.15) is 4.98 Å². The molecule has 0 saturated heterocycles. The van der Waals surface area contributed by atoms with Crippen molar-refractivity contribution in [2.75, 3.05) is 13.1 Å². The summed E-state index contributed by atoms with van der Waals surface area (Å²) >= 11 is 0. The number of hydrogen-bond donors (Lipinski definition) is 1. The number of pyridine rings is 1. The van der Waals surface area contributed by atoms with E-state index in [0.29, 0.717) is 11.7 Å². The molecule has 2 rings (SSSR count). The molecule has 1 N–H and O–H groups in total. The maximum Gasteiger partial charge on any atom is 0.231 e. The van der Waals surface area contributed by atoms with Crippen molar-refractivity contribution in [1.29, 1.82) is 0 Å². The molecule has 1 atom stereocenters. The fourth-order valence-electron chi connectivity index (χ4n) is 1.50. The van der Waals surface area contributed by atoms with Gasteiger partial charge < -0.3 is 9.84 Å². The van der Waals surface area contributed by atoms with E-state index in [4.69, 9.17) is 4.52 Å². The van der Waals surface area contributed by atoms with Crippen LogP contribution in [0.2, 0.25) is 0 Å². The molecule has 2 aromatic heterocycles. The lowest BCUT2D eigenvalue weighted by molar-refractivity contribution is 0.355. The number of aromatic nitrogens is 3. The normalized spacial score (nSPS) is 12.6. The summed E-state index contributed by atoms with van der Waals surface area (Å²) in [6, 6.07) is 3.73. The van der Waals surface area contributed by atoms with Crippen LogP contribution in [0.4, 0.5) is 0 Å². The van der Waals surface area contributed by atoms with E-state index in [1.807, 2.05) is 12.1 Å². The van der Waals surface area contributed by atoms with Crippen LogP contribution in [0.25, 0.3) is 11.4 Å². The summed E-state index contributed by atoms with van der Waals surface area (Å²) in [5, 5.41) is 7.23. The second-order valence-electron chi connectivity index (χ2n) is 3.90. The Kier molecular flexibility index (Phi) is 3.82. The van der Waals surface area contributed by atoms with Crippen molar-refractivity contribution >= 4 is 0 Å². The van der Waals surface area contributed by atoms with Crippen LogP contribution in [-0.4, -0.2) is 28.2 Å². The Balaban J connectivity index is 2.11. The Morgan fingerprint density at radius 2 is 2.12 bits per heavy atom. The first-order valence-corrected chi connectivity index (χ1v) is 5.76.